The van der Waals surface area contributed by atoms with Crippen LogP contribution in [0.15, 0.2) is 42.5 Å². The third kappa shape index (κ3) is 4.25. The highest BCUT2D eigenvalue weighted by atomic mass is 32.2. The monoisotopic (exact) mass is 291 g/mol. The molecular weight excluding hydrogens is 273 g/mol. The highest BCUT2D eigenvalue weighted by molar-refractivity contribution is 7.97. The molecule has 0 spiro atoms. The Morgan fingerprint density at radius 1 is 1.10 bits per heavy atom. The Bertz CT molecular complexity index is 574. The first-order valence-electron chi connectivity index (χ1n) is 6.44. The zero-order valence-corrected chi connectivity index (χ0v) is 12.2. The van der Waals surface area contributed by atoms with Crippen LogP contribution in [0.3, 0.4) is 0 Å². The van der Waals surface area contributed by atoms with Gasteiger partial charge < -0.3 is 10.4 Å². The summed E-state index contributed by atoms with van der Waals surface area (Å²) in [6.45, 7) is 1.36. The van der Waals surface area contributed by atoms with Gasteiger partial charge in [-0.3, -0.25) is 0 Å². The van der Waals surface area contributed by atoms with Crippen molar-refractivity contribution in [3.63, 3.8) is 0 Å². The Balaban J connectivity index is 1.97. The number of phenolic OH excluding ortho intramolecular Hbond substituents is 1. The number of aromatic hydroxyl groups is 1. The summed E-state index contributed by atoms with van der Waals surface area (Å²) in [5, 5.41) is 12.7. The average molecular weight is 291 g/mol. The summed E-state index contributed by atoms with van der Waals surface area (Å²) in [5.74, 6) is 0.890. The van der Waals surface area contributed by atoms with Crippen LogP contribution in [0.2, 0.25) is 0 Å². The highest BCUT2D eigenvalue weighted by Gasteiger charge is 2.04. The van der Waals surface area contributed by atoms with E-state index in [1.54, 1.807) is 30.0 Å². The zero-order chi connectivity index (χ0) is 14.4. The van der Waals surface area contributed by atoms with Crippen LogP contribution >= 0.6 is 11.8 Å². The summed E-state index contributed by atoms with van der Waals surface area (Å²) < 4.78 is 13.2. The number of hydrogen-bond donors (Lipinski definition) is 2. The van der Waals surface area contributed by atoms with Gasteiger partial charge in [0.1, 0.15) is 11.6 Å². The van der Waals surface area contributed by atoms with Crippen LogP contribution in [-0.2, 0) is 18.8 Å². The van der Waals surface area contributed by atoms with Crippen molar-refractivity contribution >= 4 is 11.8 Å². The van der Waals surface area contributed by atoms with Gasteiger partial charge in [0.05, 0.1) is 0 Å². The van der Waals surface area contributed by atoms with Crippen LogP contribution in [0.25, 0.3) is 0 Å². The third-order valence-electron chi connectivity index (χ3n) is 3.02. The molecule has 20 heavy (non-hydrogen) atoms. The van der Waals surface area contributed by atoms with E-state index in [0.717, 1.165) is 22.4 Å². The number of phenols is 1. The smallest absolute Gasteiger partial charge is 0.123 e. The topological polar surface area (TPSA) is 32.3 Å². The van der Waals surface area contributed by atoms with Crippen LogP contribution in [0.1, 0.15) is 16.7 Å². The van der Waals surface area contributed by atoms with Crippen molar-refractivity contribution in [2.75, 3.05) is 6.26 Å². The summed E-state index contributed by atoms with van der Waals surface area (Å²) in [6.07, 6.45) is 2.01. The third-order valence-corrected chi connectivity index (χ3v) is 3.62. The number of hydrogen-bond acceptors (Lipinski definition) is 3. The normalized spacial score (nSPS) is 10.7. The van der Waals surface area contributed by atoms with Gasteiger partial charge >= 0.3 is 0 Å². The molecule has 0 aliphatic rings. The van der Waals surface area contributed by atoms with Crippen LogP contribution in [0.5, 0.6) is 5.75 Å². The van der Waals surface area contributed by atoms with Gasteiger partial charge in [-0.25, -0.2) is 4.39 Å². The Kier molecular flexibility index (Phi) is 5.44. The zero-order valence-electron chi connectivity index (χ0n) is 11.4. The molecule has 0 amide bonds. The van der Waals surface area contributed by atoms with Crippen molar-refractivity contribution in [3.8, 4) is 5.75 Å². The molecule has 2 rings (SSSR count). The molecule has 0 saturated carbocycles. The van der Waals surface area contributed by atoms with E-state index in [1.165, 1.54) is 6.07 Å². The minimum absolute atomic E-state index is 0.189. The Labute approximate surface area is 123 Å². The summed E-state index contributed by atoms with van der Waals surface area (Å²) in [7, 11) is 0. The molecule has 0 atom stereocenters. The predicted molar refractivity (Wildman–Crippen MR) is 82.3 cm³/mol. The number of thioether (sulfide) groups is 1. The largest absolute Gasteiger partial charge is 0.508 e. The van der Waals surface area contributed by atoms with E-state index in [1.807, 2.05) is 24.5 Å². The maximum absolute atomic E-state index is 13.2. The van der Waals surface area contributed by atoms with Crippen molar-refractivity contribution in [1.82, 2.24) is 5.32 Å². The Morgan fingerprint density at radius 3 is 2.70 bits per heavy atom. The van der Waals surface area contributed by atoms with Crippen molar-refractivity contribution < 1.29 is 9.50 Å². The van der Waals surface area contributed by atoms with E-state index >= 15 is 0 Å². The molecule has 0 aliphatic heterocycles. The quantitative estimate of drug-likeness (QED) is 0.851. The fourth-order valence-corrected chi connectivity index (χ4v) is 2.64. The first-order chi connectivity index (χ1) is 9.69. The van der Waals surface area contributed by atoms with E-state index in [2.05, 4.69) is 5.32 Å². The van der Waals surface area contributed by atoms with Gasteiger partial charge in [0.25, 0.3) is 0 Å². The maximum Gasteiger partial charge on any atom is 0.123 e. The minimum atomic E-state index is -0.189. The lowest BCUT2D eigenvalue weighted by Crippen LogP contribution is -2.14. The number of halogens is 1. The molecule has 0 bridgehead atoms. The molecule has 2 aromatic rings. The molecule has 2 N–H and O–H groups in total. The summed E-state index contributed by atoms with van der Waals surface area (Å²) in [6, 6.07) is 12.1. The van der Waals surface area contributed by atoms with Crippen LogP contribution < -0.4 is 5.32 Å². The molecule has 0 unspecified atom stereocenters. The lowest BCUT2D eigenvalue weighted by molar-refractivity contribution is 0.474. The van der Waals surface area contributed by atoms with Gasteiger partial charge in [-0.15, -0.1) is 0 Å². The van der Waals surface area contributed by atoms with E-state index in [9.17, 15) is 9.50 Å². The van der Waals surface area contributed by atoms with Crippen molar-refractivity contribution in [2.24, 2.45) is 0 Å². The van der Waals surface area contributed by atoms with Gasteiger partial charge in [0.2, 0.25) is 0 Å². The van der Waals surface area contributed by atoms with Crippen LogP contribution in [0.4, 0.5) is 4.39 Å². The summed E-state index contributed by atoms with van der Waals surface area (Å²) >= 11 is 1.68. The Morgan fingerprint density at radius 2 is 1.95 bits per heavy atom. The van der Waals surface area contributed by atoms with Crippen LogP contribution in [0, 0.1) is 5.82 Å². The molecule has 2 aromatic carbocycles. The molecule has 106 valence electrons. The van der Waals surface area contributed by atoms with E-state index in [4.69, 9.17) is 0 Å². The second kappa shape index (κ2) is 7.31. The van der Waals surface area contributed by atoms with Crippen LogP contribution in [-0.4, -0.2) is 11.4 Å². The van der Waals surface area contributed by atoms with Crippen molar-refractivity contribution in [2.45, 2.75) is 18.8 Å². The average Bonchev–Trinajstić information content (AvgIpc) is 2.42. The molecule has 0 aromatic heterocycles. The SMILES string of the molecule is CSCc1cc(F)ccc1CNCc1cccc(O)c1. The molecule has 0 aliphatic carbocycles. The predicted octanol–water partition coefficient (Wildman–Crippen LogP) is 3.68. The van der Waals surface area contributed by atoms with Gasteiger partial charge in [-0.1, -0.05) is 18.2 Å². The lowest BCUT2D eigenvalue weighted by Gasteiger charge is -2.10. The molecule has 0 radical (unpaired) electrons. The second-order valence-electron chi connectivity index (χ2n) is 4.62. The first kappa shape index (κ1) is 14.9. The molecule has 0 fully saturated rings. The standard InChI is InChI=1S/C16H18FNOS/c1-20-11-14-8-15(17)6-5-13(14)10-18-9-12-3-2-4-16(19)7-12/h2-8,18-19H,9-11H2,1H3. The van der Waals surface area contributed by atoms with Gasteiger partial charge in [0, 0.05) is 18.8 Å². The highest BCUT2D eigenvalue weighted by Crippen LogP contribution is 2.17. The molecule has 2 nitrogen and oxygen atoms in total. The maximum atomic E-state index is 13.2. The lowest BCUT2D eigenvalue weighted by atomic mass is 10.1. The van der Waals surface area contributed by atoms with E-state index < -0.39 is 0 Å². The summed E-state index contributed by atoms with van der Waals surface area (Å²) in [5.41, 5.74) is 3.17. The van der Waals surface area contributed by atoms with E-state index in [0.29, 0.717) is 13.1 Å². The molecular formula is C16H18FNOS. The number of benzene rings is 2. The Hall–Kier alpha value is -1.52. The number of rotatable bonds is 6. The van der Waals surface area contributed by atoms with Gasteiger partial charge in [-0.2, -0.15) is 11.8 Å². The number of nitrogens with one attached hydrogen (secondary N) is 1. The molecule has 0 saturated heterocycles. The van der Waals surface area contributed by atoms with E-state index in [-0.39, 0.29) is 11.6 Å². The molecule has 4 heteroatoms. The molecule has 0 heterocycles. The fraction of sp³-hybridized carbons (Fsp3) is 0.250. The van der Waals surface area contributed by atoms with Gasteiger partial charge in [-0.05, 0) is 47.2 Å². The first-order valence-corrected chi connectivity index (χ1v) is 7.83. The van der Waals surface area contributed by atoms with Gasteiger partial charge in [0.15, 0.2) is 0 Å². The fourth-order valence-electron chi connectivity index (χ4n) is 2.06. The second-order valence-corrected chi connectivity index (χ2v) is 5.49. The summed E-state index contributed by atoms with van der Waals surface area (Å²) in [4.78, 5) is 0. The minimum Gasteiger partial charge on any atom is -0.508 e. The van der Waals surface area contributed by atoms with Crippen molar-refractivity contribution in [1.29, 1.82) is 0 Å². The van der Waals surface area contributed by atoms with Crippen molar-refractivity contribution in [3.05, 3.63) is 65.0 Å².